The second-order valence-electron chi connectivity index (χ2n) is 10.4. The zero-order chi connectivity index (χ0) is 26.4. The number of anilines is 1. The number of aromatic nitrogens is 3. The molecule has 0 bridgehead atoms. The molecule has 1 aromatic carbocycles. The third-order valence-corrected chi connectivity index (χ3v) is 8.16. The Labute approximate surface area is 225 Å². The zero-order valence-electron chi connectivity index (χ0n) is 21.3. The molecule has 3 aliphatic rings. The highest BCUT2D eigenvalue weighted by Crippen LogP contribution is 2.58. The summed E-state index contributed by atoms with van der Waals surface area (Å²) in [4.78, 5) is 27.9. The molecule has 3 heterocycles. The van der Waals surface area contributed by atoms with Gasteiger partial charge in [0, 0.05) is 24.7 Å². The highest BCUT2D eigenvalue weighted by atomic mass is 35.5. The minimum absolute atomic E-state index is 0.175. The summed E-state index contributed by atoms with van der Waals surface area (Å²) in [6, 6.07) is 8.73. The first kappa shape index (κ1) is 25.0. The molecule has 2 N–H and O–H groups in total. The average molecular weight is 537 g/mol. The van der Waals surface area contributed by atoms with Gasteiger partial charge in [0.2, 0.25) is 0 Å². The maximum absolute atomic E-state index is 13.0. The van der Waals surface area contributed by atoms with E-state index in [4.69, 9.17) is 21.3 Å². The van der Waals surface area contributed by atoms with Crippen molar-refractivity contribution in [2.24, 2.45) is 5.92 Å². The standard InChI is InChI=1S/C28H30ClFN6O2/c1-15(30)27(37)32-9-8-31-25-21-13-22(29)24(19-7-3-5-16-11-17-12-20(17)23(16)19)33-26(21)35-28(34-25)38-14-18-6-4-10-36(18)2/h3,5,7,13,17-18,20H,1,4,6,8-12,14H2,2H3,(H,32,37)(H,31,33,34,35)/t17?,18-,20?/m0/s1. The minimum atomic E-state index is -1.03. The molecule has 6 rings (SSSR count). The molecule has 0 spiro atoms. The minimum Gasteiger partial charge on any atom is -0.462 e. The van der Waals surface area contributed by atoms with Crippen molar-refractivity contribution in [2.45, 2.75) is 37.6 Å². The molecular formula is C28H30ClFN6O2. The van der Waals surface area contributed by atoms with E-state index in [0.717, 1.165) is 37.3 Å². The number of hydrogen-bond acceptors (Lipinski definition) is 7. The number of carbonyl (C=O) groups excluding carboxylic acids is 1. The number of nitrogens with zero attached hydrogens (tertiary/aromatic N) is 4. The molecule has 2 aliphatic carbocycles. The fourth-order valence-corrected chi connectivity index (χ4v) is 6.01. The van der Waals surface area contributed by atoms with Crippen LogP contribution in [0.25, 0.3) is 22.3 Å². The number of hydrogen-bond donors (Lipinski definition) is 2. The maximum atomic E-state index is 13.0. The van der Waals surface area contributed by atoms with E-state index >= 15 is 0 Å². The number of amides is 1. The second kappa shape index (κ2) is 10.1. The van der Waals surface area contributed by atoms with Crippen molar-refractivity contribution in [3.05, 3.63) is 52.8 Å². The molecule has 1 amide bonds. The highest BCUT2D eigenvalue weighted by molar-refractivity contribution is 6.34. The summed E-state index contributed by atoms with van der Waals surface area (Å²) in [5, 5.41) is 6.81. The third-order valence-electron chi connectivity index (χ3n) is 7.87. The number of pyridine rings is 1. The average Bonchev–Trinajstić information content (AvgIpc) is 3.37. The topological polar surface area (TPSA) is 92.3 Å². The summed E-state index contributed by atoms with van der Waals surface area (Å²) < 4.78 is 19.0. The molecule has 198 valence electrons. The number of likely N-dealkylation sites (N-methyl/N-ethyl adjacent to an activating group) is 1. The zero-order valence-corrected chi connectivity index (χ0v) is 22.0. The molecule has 2 aromatic heterocycles. The second-order valence-corrected chi connectivity index (χ2v) is 10.8. The largest absolute Gasteiger partial charge is 0.462 e. The Morgan fingerprint density at radius 3 is 2.95 bits per heavy atom. The first-order chi connectivity index (χ1) is 18.4. The fraction of sp³-hybridized carbons (Fsp3) is 0.429. The van der Waals surface area contributed by atoms with Crippen LogP contribution in [-0.4, -0.2) is 65.1 Å². The van der Waals surface area contributed by atoms with Gasteiger partial charge in [-0.1, -0.05) is 36.4 Å². The SMILES string of the molecule is C=C(F)C(=O)NCCNc1nc(OC[C@@H]2CCCN2C)nc2nc(-c3cccc4c3C3CC3C4)c(Cl)cc12. The number of fused-ring (bicyclic) bond motifs is 4. The van der Waals surface area contributed by atoms with Crippen LogP contribution >= 0.6 is 11.6 Å². The van der Waals surface area contributed by atoms with Crippen LogP contribution in [0.1, 0.15) is 36.3 Å². The summed E-state index contributed by atoms with van der Waals surface area (Å²) in [5.74, 6) is -0.0487. The van der Waals surface area contributed by atoms with Gasteiger partial charge in [0.25, 0.3) is 5.91 Å². The van der Waals surface area contributed by atoms with Crippen LogP contribution in [0.4, 0.5) is 10.2 Å². The summed E-state index contributed by atoms with van der Waals surface area (Å²) in [6.45, 7) is 5.01. The van der Waals surface area contributed by atoms with Crippen LogP contribution in [-0.2, 0) is 11.2 Å². The van der Waals surface area contributed by atoms with Crippen LogP contribution in [0.15, 0.2) is 36.7 Å². The lowest BCUT2D eigenvalue weighted by Gasteiger charge is -2.19. The highest BCUT2D eigenvalue weighted by Gasteiger charge is 2.46. The van der Waals surface area contributed by atoms with Crippen LogP contribution in [0.3, 0.4) is 0 Å². The molecule has 0 radical (unpaired) electrons. The fourth-order valence-electron chi connectivity index (χ4n) is 5.76. The van der Waals surface area contributed by atoms with Gasteiger partial charge in [0.1, 0.15) is 12.4 Å². The van der Waals surface area contributed by atoms with E-state index < -0.39 is 11.7 Å². The van der Waals surface area contributed by atoms with E-state index in [-0.39, 0.29) is 12.6 Å². The summed E-state index contributed by atoms with van der Waals surface area (Å²) >= 11 is 6.82. The van der Waals surface area contributed by atoms with Gasteiger partial charge in [0.05, 0.1) is 16.1 Å². The van der Waals surface area contributed by atoms with Gasteiger partial charge in [-0.2, -0.15) is 9.97 Å². The number of carbonyl (C=O) groups is 1. The molecule has 1 aliphatic heterocycles. The Hall–Kier alpha value is -3.30. The van der Waals surface area contributed by atoms with Crippen molar-refractivity contribution in [2.75, 3.05) is 38.6 Å². The lowest BCUT2D eigenvalue weighted by atomic mass is 9.97. The van der Waals surface area contributed by atoms with Gasteiger partial charge in [-0.05, 0) is 68.3 Å². The number of rotatable bonds is 9. The molecule has 1 saturated heterocycles. The van der Waals surface area contributed by atoms with E-state index in [1.807, 2.05) is 6.07 Å². The van der Waals surface area contributed by atoms with Crippen molar-refractivity contribution in [1.82, 2.24) is 25.2 Å². The molecule has 3 atom stereocenters. The lowest BCUT2D eigenvalue weighted by molar-refractivity contribution is -0.118. The van der Waals surface area contributed by atoms with Crippen molar-refractivity contribution < 1.29 is 13.9 Å². The van der Waals surface area contributed by atoms with Gasteiger partial charge in [-0.3, -0.25) is 4.79 Å². The van der Waals surface area contributed by atoms with E-state index in [0.29, 0.717) is 52.7 Å². The predicted molar refractivity (Wildman–Crippen MR) is 145 cm³/mol. The van der Waals surface area contributed by atoms with Gasteiger partial charge >= 0.3 is 6.01 Å². The van der Waals surface area contributed by atoms with E-state index in [2.05, 4.69) is 57.3 Å². The van der Waals surface area contributed by atoms with Crippen LogP contribution in [0.2, 0.25) is 5.02 Å². The summed E-state index contributed by atoms with van der Waals surface area (Å²) in [7, 11) is 2.09. The lowest BCUT2D eigenvalue weighted by Crippen LogP contribution is -2.31. The number of likely N-dealkylation sites (tertiary alicyclic amines) is 1. The van der Waals surface area contributed by atoms with Crippen LogP contribution in [0.5, 0.6) is 6.01 Å². The molecule has 1 saturated carbocycles. The Bertz CT molecular complexity index is 1430. The predicted octanol–water partition coefficient (Wildman–Crippen LogP) is 4.49. The van der Waals surface area contributed by atoms with E-state index in [9.17, 15) is 9.18 Å². The van der Waals surface area contributed by atoms with E-state index in [1.165, 1.54) is 17.5 Å². The molecule has 10 heteroatoms. The number of nitrogens with one attached hydrogen (secondary N) is 2. The van der Waals surface area contributed by atoms with Gasteiger partial charge in [-0.15, -0.1) is 0 Å². The third kappa shape index (κ3) is 4.80. The summed E-state index contributed by atoms with van der Waals surface area (Å²) in [5.41, 5.74) is 5.00. The van der Waals surface area contributed by atoms with Crippen LogP contribution in [0, 0.1) is 5.92 Å². The van der Waals surface area contributed by atoms with E-state index in [1.54, 1.807) is 0 Å². The molecule has 38 heavy (non-hydrogen) atoms. The Morgan fingerprint density at radius 2 is 2.16 bits per heavy atom. The van der Waals surface area contributed by atoms with Crippen LogP contribution < -0.4 is 15.4 Å². The van der Waals surface area contributed by atoms with Crippen molar-refractivity contribution in [1.29, 1.82) is 0 Å². The first-order valence-electron chi connectivity index (χ1n) is 13.1. The van der Waals surface area contributed by atoms with Gasteiger partial charge < -0.3 is 20.3 Å². The Morgan fingerprint density at radius 1 is 1.29 bits per heavy atom. The number of benzene rings is 1. The van der Waals surface area contributed by atoms with Gasteiger partial charge in [0.15, 0.2) is 11.5 Å². The Kier molecular flexibility index (Phi) is 6.65. The number of halogens is 2. The molecule has 2 fully saturated rings. The van der Waals surface area contributed by atoms with Gasteiger partial charge in [-0.25, -0.2) is 9.37 Å². The van der Waals surface area contributed by atoms with Crippen molar-refractivity contribution in [3.8, 4) is 17.3 Å². The quantitative estimate of drug-likeness (QED) is 0.307. The maximum Gasteiger partial charge on any atom is 0.320 e. The normalized spacial score (nSPS) is 21.7. The number of ether oxygens (including phenoxy) is 1. The first-order valence-corrected chi connectivity index (χ1v) is 13.5. The molecular weight excluding hydrogens is 507 g/mol. The molecule has 3 aromatic rings. The molecule has 8 nitrogen and oxygen atoms in total. The van der Waals surface area contributed by atoms with Crippen molar-refractivity contribution >= 4 is 34.4 Å². The monoisotopic (exact) mass is 536 g/mol. The molecule has 2 unspecified atom stereocenters. The Balaban J connectivity index is 1.33. The smallest absolute Gasteiger partial charge is 0.320 e. The summed E-state index contributed by atoms with van der Waals surface area (Å²) in [6.07, 6.45) is 4.55. The van der Waals surface area contributed by atoms with Crippen molar-refractivity contribution in [3.63, 3.8) is 0 Å².